The Labute approximate surface area is 128 Å². The molecule has 3 rings (SSSR count). The quantitative estimate of drug-likeness (QED) is 0.772. The number of amides is 1. The Balaban J connectivity index is 1.85. The maximum Gasteiger partial charge on any atom is 0.255 e. The van der Waals surface area contributed by atoms with Gasteiger partial charge in [0.2, 0.25) is 0 Å². The fourth-order valence-electron chi connectivity index (χ4n) is 2.28. The van der Waals surface area contributed by atoms with E-state index in [2.05, 4.69) is 5.32 Å². The van der Waals surface area contributed by atoms with Crippen LogP contribution in [0.4, 0.5) is 10.1 Å². The van der Waals surface area contributed by atoms with E-state index in [1.54, 1.807) is 19.1 Å². The lowest BCUT2D eigenvalue weighted by Gasteiger charge is -2.10. The number of carbonyl (C=O) groups is 1. The standard InChI is InChI=1S/C18H15FN2O/c1-13-11-15(19)7-8-17(13)20-18(22)14-5-4-6-16(12-14)21-9-2-3-10-21/h2-12H,1H3,(H,20,22). The SMILES string of the molecule is Cc1cc(F)ccc1NC(=O)c1cccc(-n2cccc2)c1. The first-order valence-corrected chi connectivity index (χ1v) is 6.94. The van der Waals surface area contributed by atoms with Gasteiger partial charge in [0, 0.05) is 29.3 Å². The lowest BCUT2D eigenvalue weighted by Crippen LogP contribution is -2.13. The van der Waals surface area contributed by atoms with Crippen LogP contribution in [0.15, 0.2) is 67.0 Å². The van der Waals surface area contributed by atoms with Crippen molar-refractivity contribution in [2.75, 3.05) is 5.32 Å². The Bertz CT molecular complexity index is 810. The Morgan fingerprint density at radius 2 is 1.82 bits per heavy atom. The molecule has 0 radical (unpaired) electrons. The van der Waals surface area contributed by atoms with Gasteiger partial charge in [-0.2, -0.15) is 0 Å². The summed E-state index contributed by atoms with van der Waals surface area (Å²) >= 11 is 0. The number of anilines is 1. The van der Waals surface area contributed by atoms with E-state index in [4.69, 9.17) is 0 Å². The second-order valence-corrected chi connectivity index (χ2v) is 5.05. The zero-order valence-corrected chi connectivity index (χ0v) is 12.1. The molecule has 1 aromatic heterocycles. The van der Waals surface area contributed by atoms with Crippen LogP contribution in [0.1, 0.15) is 15.9 Å². The third kappa shape index (κ3) is 2.91. The molecule has 0 saturated carbocycles. The average molecular weight is 294 g/mol. The summed E-state index contributed by atoms with van der Waals surface area (Å²) < 4.78 is 15.0. The van der Waals surface area contributed by atoms with E-state index < -0.39 is 0 Å². The monoisotopic (exact) mass is 294 g/mol. The highest BCUT2D eigenvalue weighted by Crippen LogP contribution is 2.18. The number of nitrogens with one attached hydrogen (secondary N) is 1. The molecule has 4 heteroatoms. The lowest BCUT2D eigenvalue weighted by atomic mass is 10.1. The van der Waals surface area contributed by atoms with Gasteiger partial charge in [-0.3, -0.25) is 4.79 Å². The third-order valence-electron chi connectivity index (χ3n) is 3.45. The van der Waals surface area contributed by atoms with Crippen LogP contribution >= 0.6 is 0 Å². The van der Waals surface area contributed by atoms with Crippen molar-refractivity contribution < 1.29 is 9.18 Å². The van der Waals surface area contributed by atoms with Gasteiger partial charge in [0.1, 0.15) is 5.82 Å². The highest BCUT2D eigenvalue weighted by molar-refractivity contribution is 6.04. The molecule has 0 aliphatic carbocycles. The molecule has 0 fully saturated rings. The highest BCUT2D eigenvalue weighted by atomic mass is 19.1. The number of halogens is 1. The zero-order chi connectivity index (χ0) is 15.5. The van der Waals surface area contributed by atoms with E-state index in [9.17, 15) is 9.18 Å². The molecule has 0 atom stereocenters. The van der Waals surface area contributed by atoms with Gasteiger partial charge in [0.15, 0.2) is 0 Å². The second kappa shape index (κ2) is 5.85. The summed E-state index contributed by atoms with van der Waals surface area (Å²) in [6.45, 7) is 1.76. The van der Waals surface area contributed by atoms with Crippen molar-refractivity contribution in [3.05, 3.63) is 83.9 Å². The molecule has 0 unspecified atom stereocenters. The largest absolute Gasteiger partial charge is 0.324 e. The molecule has 0 spiro atoms. The molecule has 0 aliphatic rings. The van der Waals surface area contributed by atoms with E-state index >= 15 is 0 Å². The molecule has 22 heavy (non-hydrogen) atoms. The summed E-state index contributed by atoms with van der Waals surface area (Å²) in [4.78, 5) is 12.4. The maximum atomic E-state index is 13.1. The fourth-order valence-corrected chi connectivity index (χ4v) is 2.28. The van der Waals surface area contributed by atoms with Gasteiger partial charge in [0.05, 0.1) is 0 Å². The van der Waals surface area contributed by atoms with Gasteiger partial charge >= 0.3 is 0 Å². The molecule has 1 N–H and O–H groups in total. The fraction of sp³-hybridized carbons (Fsp3) is 0.0556. The molecular weight excluding hydrogens is 279 g/mol. The van der Waals surface area contributed by atoms with Crippen LogP contribution in [0.3, 0.4) is 0 Å². The van der Waals surface area contributed by atoms with Gasteiger partial charge < -0.3 is 9.88 Å². The van der Waals surface area contributed by atoms with Crippen molar-refractivity contribution in [2.45, 2.75) is 6.92 Å². The van der Waals surface area contributed by atoms with Crippen molar-refractivity contribution >= 4 is 11.6 Å². The van der Waals surface area contributed by atoms with Crippen LogP contribution in [0, 0.1) is 12.7 Å². The molecule has 0 aliphatic heterocycles. The normalized spacial score (nSPS) is 10.5. The average Bonchev–Trinajstić information content (AvgIpc) is 3.04. The molecule has 3 nitrogen and oxygen atoms in total. The number of nitrogens with zero attached hydrogens (tertiary/aromatic N) is 1. The van der Waals surface area contributed by atoms with Crippen LogP contribution in [0.2, 0.25) is 0 Å². The van der Waals surface area contributed by atoms with E-state index in [0.717, 1.165) is 5.69 Å². The summed E-state index contributed by atoms with van der Waals surface area (Å²) in [6, 6.07) is 15.5. The van der Waals surface area contributed by atoms with Crippen molar-refractivity contribution in [3.63, 3.8) is 0 Å². The van der Waals surface area contributed by atoms with Crippen molar-refractivity contribution in [2.24, 2.45) is 0 Å². The zero-order valence-electron chi connectivity index (χ0n) is 12.1. The summed E-state index contributed by atoms with van der Waals surface area (Å²) in [5.41, 5.74) is 2.76. The minimum atomic E-state index is -0.315. The summed E-state index contributed by atoms with van der Waals surface area (Å²) in [7, 11) is 0. The van der Waals surface area contributed by atoms with Gasteiger partial charge in [-0.05, 0) is 61.0 Å². The van der Waals surface area contributed by atoms with E-state index in [1.807, 2.05) is 47.3 Å². The number of carbonyl (C=O) groups excluding carboxylic acids is 1. The Morgan fingerprint density at radius 1 is 1.05 bits per heavy atom. The number of hydrogen-bond donors (Lipinski definition) is 1. The molecule has 3 aromatic rings. The van der Waals surface area contributed by atoms with Gasteiger partial charge in [-0.1, -0.05) is 6.07 Å². The first-order valence-electron chi connectivity index (χ1n) is 6.94. The molecule has 110 valence electrons. The first-order chi connectivity index (χ1) is 10.6. The predicted molar refractivity (Wildman–Crippen MR) is 84.9 cm³/mol. The number of hydrogen-bond acceptors (Lipinski definition) is 1. The highest BCUT2D eigenvalue weighted by Gasteiger charge is 2.09. The van der Waals surface area contributed by atoms with E-state index in [1.165, 1.54) is 12.1 Å². The van der Waals surface area contributed by atoms with E-state index in [-0.39, 0.29) is 11.7 Å². The van der Waals surface area contributed by atoms with Crippen LogP contribution in [0.5, 0.6) is 0 Å². The third-order valence-corrected chi connectivity index (χ3v) is 3.45. The molecular formula is C18H15FN2O. The number of benzene rings is 2. The van der Waals surface area contributed by atoms with Gasteiger partial charge in [-0.15, -0.1) is 0 Å². The number of aryl methyl sites for hydroxylation is 1. The molecule has 0 bridgehead atoms. The second-order valence-electron chi connectivity index (χ2n) is 5.05. The Hall–Kier alpha value is -2.88. The Kier molecular flexibility index (Phi) is 3.74. The van der Waals surface area contributed by atoms with E-state index in [0.29, 0.717) is 16.8 Å². The minimum absolute atomic E-state index is 0.219. The first kappa shape index (κ1) is 14.1. The Morgan fingerprint density at radius 3 is 2.55 bits per heavy atom. The topological polar surface area (TPSA) is 34.0 Å². The van der Waals surface area contributed by atoms with Crippen molar-refractivity contribution in [1.82, 2.24) is 4.57 Å². The molecule has 0 saturated heterocycles. The summed E-state index contributed by atoms with van der Waals surface area (Å²) in [5.74, 6) is -0.534. The maximum absolute atomic E-state index is 13.1. The predicted octanol–water partition coefficient (Wildman–Crippen LogP) is 4.18. The molecule has 1 amide bonds. The van der Waals surface area contributed by atoms with Crippen molar-refractivity contribution in [3.8, 4) is 5.69 Å². The van der Waals surface area contributed by atoms with Crippen LogP contribution in [0.25, 0.3) is 5.69 Å². The van der Waals surface area contributed by atoms with Crippen LogP contribution < -0.4 is 5.32 Å². The van der Waals surface area contributed by atoms with Crippen molar-refractivity contribution in [1.29, 1.82) is 0 Å². The number of rotatable bonds is 3. The summed E-state index contributed by atoms with van der Waals surface area (Å²) in [5, 5.41) is 2.81. The van der Waals surface area contributed by atoms with Crippen LogP contribution in [-0.2, 0) is 0 Å². The smallest absolute Gasteiger partial charge is 0.255 e. The minimum Gasteiger partial charge on any atom is -0.324 e. The number of aromatic nitrogens is 1. The van der Waals surface area contributed by atoms with Crippen LogP contribution in [-0.4, -0.2) is 10.5 Å². The lowest BCUT2D eigenvalue weighted by molar-refractivity contribution is 0.102. The molecule has 1 heterocycles. The van der Waals surface area contributed by atoms with Gasteiger partial charge in [-0.25, -0.2) is 4.39 Å². The summed E-state index contributed by atoms with van der Waals surface area (Å²) in [6.07, 6.45) is 3.84. The van der Waals surface area contributed by atoms with Gasteiger partial charge in [0.25, 0.3) is 5.91 Å². The molecule has 2 aromatic carbocycles.